The van der Waals surface area contributed by atoms with Crippen LogP contribution in [0.1, 0.15) is 18.4 Å². The lowest BCUT2D eigenvalue weighted by atomic mass is 10.0. The first-order valence-corrected chi connectivity index (χ1v) is 9.92. The fourth-order valence-electron chi connectivity index (χ4n) is 3.95. The first-order valence-electron chi connectivity index (χ1n) is 9.54. The molecule has 2 heterocycles. The zero-order valence-corrected chi connectivity index (χ0v) is 16.7. The maximum absolute atomic E-state index is 12.9. The van der Waals surface area contributed by atoms with Crippen molar-refractivity contribution in [2.24, 2.45) is 0 Å². The largest absolute Gasteiger partial charge is 0.417 e. The minimum absolute atomic E-state index is 0.102. The molecule has 0 spiro atoms. The molecule has 2 aliphatic rings. The third-order valence-corrected chi connectivity index (χ3v) is 5.78. The normalized spacial score (nSPS) is 23.0. The molecule has 2 aliphatic heterocycles. The van der Waals surface area contributed by atoms with Crippen molar-refractivity contribution in [2.75, 3.05) is 58.2 Å². The number of hydrogen-bond acceptors (Lipinski definition) is 4. The zero-order valence-electron chi connectivity index (χ0n) is 15.9. The third kappa shape index (κ3) is 5.59. The average Bonchev–Trinajstić information content (AvgIpc) is 2.63. The van der Waals surface area contributed by atoms with E-state index in [1.54, 1.807) is 0 Å². The van der Waals surface area contributed by atoms with E-state index in [0.717, 1.165) is 51.4 Å². The molecule has 0 radical (unpaired) electrons. The lowest BCUT2D eigenvalue weighted by Gasteiger charge is -2.42. The summed E-state index contributed by atoms with van der Waals surface area (Å²) in [6.07, 6.45) is -2.13. The van der Waals surface area contributed by atoms with Crippen molar-refractivity contribution in [2.45, 2.75) is 25.1 Å². The second-order valence-electron chi connectivity index (χ2n) is 7.61. The van der Waals surface area contributed by atoms with Crippen molar-refractivity contribution in [1.82, 2.24) is 14.7 Å². The van der Waals surface area contributed by atoms with Crippen molar-refractivity contribution in [1.29, 1.82) is 0 Å². The van der Waals surface area contributed by atoms with Gasteiger partial charge in [0.05, 0.1) is 17.1 Å². The molecule has 1 atom stereocenters. The predicted octanol–water partition coefficient (Wildman–Crippen LogP) is 3.01. The molecule has 1 amide bonds. The van der Waals surface area contributed by atoms with Gasteiger partial charge in [-0.1, -0.05) is 11.6 Å². The van der Waals surface area contributed by atoms with E-state index in [0.29, 0.717) is 6.04 Å². The van der Waals surface area contributed by atoms with Gasteiger partial charge in [-0.25, -0.2) is 0 Å². The third-order valence-electron chi connectivity index (χ3n) is 5.45. The van der Waals surface area contributed by atoms with E-state index in [-0.39, 0.29) is 23.2 Å². The van der Waals surface area contributed by atoms with Crippen molar-refractivity contribution >= 4 is 23.2 Å². The van der Waals surface area contributed by atoms with Crippen molar-refractivity contribution in [3.8, 4) is 0 Å². The number of carbonyl (C=O) groups is 1. The summed E-state index contributed by atoms with van der Waals surface area (Å²) in [5, 5.41) is 2.17. The van der Waals surface area contributed by atoms with Crippen LogP contribution < -0.4 is 5.32 Å². The van der Waals surface area contributed by atoms with Crippen LogP contribution in [0.25, 0.3) is 0 Å². The number of amides is 1. The number of rotatable bonds is 4. The van der Waals surface area contributed by atoms with Gasteiger partial charge < -0.3 is 10.2 Å². The van der Waals surface area contributed by atoms with Gasteiger partial charge in [-0.2, -0.15) is 13.2 Å². The molecule has 156 valence electrons. The van der Waals surface area contributed by atoms with E-state index in [1.807, 2.05) is 4.90 Å². The van der Waals surface area contributed by atoms with Crippen LogP contribution in [0.4, 0.5) is 18.9 Å². The highest BCUT2D eigenvalue weighted by Gasteiger charge is 2.33. The smallest absolute Gasteiger partial charge is 0.325 e. The van der Waals surface area contributed by atoms with Crippen LogP contribution >= 0.6 is 11.6 Å². The fourth-order valence-corrected chi connectivity index (χ4v) is 4.17. The van der Waals surface area contributed by atoms with Crippen LogP contribution in [0.2, 0.25) is 5.02 Å². The Bertz CT molecular complexity index is 692. The number of piperidine rings is 1. The number of alkyl halides is 3. The van der Waals surface area contributed by atoms with E-state index < -0.39 is 11.7 Å². The number of hydrogen-bond donors (Lipinski definition) is 1. The molecule has 28 heavy (non-hydrogen) atoms. The Kier molecular flexibility index (Phi) is 6.85. The molecule has 2 saturated heterocycles. The van der Waals surface area contributed by atoms with Gasteiger partial charge in [-0.3, -0.25) is 14.6 Å². The summed E-state index contributed by atoms with van der Waals surface area (Å²) in [7, 11) is 2.15. The summed E-state index contributed by atoms with van der Waals surface area (Å²) in [5.74, 6) is -0.318. The van der Waals surface area contributed by atoms with E-state index in [9.17, 15) is 18.0 Å². The van der Waals surface area contributed by atoms with Crippen molar-refractivity contribution in [3.05, 3.63) is 28.8 Å². The minimum atomic E-state index is -4.55. The summed E-state index contributed by atoms with van der Waals surface area (Å²) < 4.78 is 38.8. The Morgan fingerprint density at radius 2 is 1.93 bits per heavy atom. The fraction of sp³-hybridized carbons (Fsp3) is 0.632. The lowest BCUT2D eigenvalue weighted by molar-refractivity contribution is -0.137. The van der Waals surface area contributed by atoms with Gasteiger partial charge >= 0.3 is 6.18 Å². The number of likely N-dealkylation sites (tertiary alicyclic amines) is 1. The number of benzene rings is 1. The van der Waals surface area contributed by atoms with Gasteiger partial charge in [0.2, 0.25) is 5.91 Å². The molecule has 1 aromatic rings. The van der Waals surface area contributed by atoms with E-state index in [2.05, 4.69) is 22.2 Å². The van der Waals surface area contributed by atoms with Crippen LogP contribution in [0.15, 0.2) is 18.2 Å². The number of nitrogens with one attached hydrogen (secondary N) is 1. The summed E-state index contributed by atoms with van der Waals surface area (Å²) in [6, 6.07) is 3.98. The lowest BCUT2D eigenvalue weighted by Crippen LogP contribution is -2.55. The Labute approximate surface area is 168 Å². The molecule has 1 unspecified atom stereocenters. The highest BCUT2D eigenvalue weighted by molar-refractivity contribution is 6.31. The molecule has 0 bridgehead atoms. The highest BCUT2D eigenvalue weighted by atomic mass is 35.5. The SMILES string of the molecule is CN1CCCC(N2CCN(CC(=O)Nc3ccc(Cl)c(C(F)(F)F)c3)CC2)C1. The zero-order chi connectivity index (χ0) is 20.3. The summed E-state index contributed by atoms with van der Waals surface area (Å²) in [4.78, 5) is 19.1. The number of piperazine rings is 1. The van der Waals surface area contributed by atoms with Gasteiger partial charge in [-0.05, 0) is 44.6 Å². The van der Waals surface area contributed by atoms with Gasteiger partial charge in [0.25, 0.3) is 0 Å². The Hall–Kier alpha value is -1.35. The summed E-state index contributed by atoms with van der Waals surface area (Å²) >= 11 is 5.61. The van der Waals surface area contributed by atoms with Gasteiger partial charge in [0, 0.05) is 44.5 Å². The Morgan fingerprint density at radius 1 is 1.21 bits per heavy atom. The van der Waals surface area contributed by atoms with Gasteiger partial charge in [0.1, 0.15) is 0 Å². The first kappa shape index (κ1) is 21.4. The molecule has 1 N–H and O–H groups in total. The van der Waals surface area contributed by atoms with Crippen molar-refractivity contribution < 1.29 is 18.0 Å². The van der Waals surface area contributed by atoms with Crippen LogP contribution in [0.3, 0.4) is 0 Å². The predicted molar refractivity (Wildman–Crippen MR) is 104 cm³/mol. The van der Waals surface area contributed by atoms with Gasteiger partial charge in [0.15, 0.2) is 0 Å². The monoisotopic (exact) mass is 418 g/mol. The second-order valence-corrected chi connectivity index (χ2v) is 8.02. The summed E-state index contributed by atoms with van der Waals surface area (Å²) in [5.41, 5.74) is -0.844. The molecule has 0 aromatic heterocycles. The molecular weight excluding hydrogens is 393 g/mol. The van der Waals surface area contributed by atoms with Crippen molar-refractivity contribution in [3.63, 3.8) is 0 Å². The number of anilines is 1. The number of carbonyl (C=O) groups excluding carboxylic acids is 1. The topological polar surface area (TPSA) is 38.8 Å². The second kappa shape index (κ2) is 8.98. The maximum Gasteiger partial charge on any atom is 0.417 e. The highest BCUT2D eigenvalue weighted by Crippen LogP contribution is 2.36. The minimum Gasteiger partial charge on any atom is -0.325 e. The van der Waals surface area contributed by atoms with Crippen LogP contribution in [-0.2, 0) is 11.0 Å². The molecule has 1 aromatic carbocycles. The Balaban J connectivity index is 1.48. The first-order chi connectivity index (χ1) is 13.2. The maximum atomic E-state index is 12.9. The molecule has 3 rings (SSSR count). The molecule has 5 nitrogen and oxygen atoms in total. The summed E-state index contributed by atoms with van der Waals surface area (Å²) in [6.45, 7) is 5.78. The average molecular weight is 419 g/mol. The van der Waals surface area contributed by atoms with Crippen LogP contribution in [0.5, 0.6) is 0 Å². The Morgan fingerprint density at radius 3 is 2.57 bits per heavy atom. The number of halogens is 4. The molecule has 9 heteroatoms. The van der Waals surface area contributed by atoms with E-state index in [1.165, 1.54) is 18.9 Å². The molecular formula is C19H26ClF3N4O. The van der Waals surface area contributed by atoms with E-state index >= 15 is 0 Å². The van der Waals surface area contributed by atoms with Gasteiger partial charge in [-0.15, -0.1) is 0 Å². The molecule has 0 aliphatic carbocycles. The van der Waals surface area contributed by atoms with E-state index in [4.69, 9.17) is 11.6 Å². The quantitative estimate of drug-likeness (QED) is 0.815. The van der Waals surface area contributed by atoms with Crippen LogP contribution in [0, 0.1) is 0 Å². The number of likely N-dealkylation sites (N-methyl/N-ethyl adjacent to an activating group) is 1. The van der Waals surface area contributed by atoms with Crippen LogP contribution in [-0.4, -0.2) is 79.5 Å². The molecule has 0 saturated carbocycles. The molecule has 2 fully saturated rings. The number of nitrogens with zero attached hydrogens (tertiary/aromatic N) is 3. The standard InChI is InChI=1S/C19H26ClF3N4O/c1-25-6-2-3-15(12-25)27-9-7-26(8-10-27)13-18(28)24-14-4-5-17(20)16(11-14)19(21,22)23/h4-5,11,15H,2-3,6-10,12-13H2,1H3,(H,24,28).